The van der Waals surface area contributed by atoms with Crippen LogP contribution in [0.3, 0.4) is 0 Å². The molecule has 1 unspecified atom stereocenters. The van der Waals surface area contributed by atoms with Gasteiger partial charge in [-0.2, -0.15) is 11.8 Å². The molecule has 0 aliphatic carbocycles. The maximum Gasteiger partial charge on any atom is 0.337 e. The summed E-state index contributed by atoms with van der Waals surface area (Å²) in [6.45, 7) is 0.931. The molecule has 0 amide bonds. The lowest BCUT2D eigenvalue weighted by atomic mass is 9.94. The first-order valence-electron chi connectivity index (χ1n) is 9.60. The number of carbonyl (C=O) groups is 1. The fourth-order valence-corrected chi connectivity index (χ4v) is 4.83. The van der Waals surface area contributed by atoms with Gasteiger partial charge in [-0.25, -0.2) is 4.79 Å². The lowest BCUT2D eigenvalue weighted by Gasteiger charge is -2.24. The molecule has 1 aromatic heterocycles. The van der Waals surface area contributed by atoms with Crippen molar-refractivity contribution in [2.24, 2.45) is 0 Å². The van der Waals surface area contributed by atoms with Gasteiger partial charge in [-0.15, -0.1) is 0 Å². The number of benzene rings is 2. The standard InChI is InChI=1S/C23H24N2O2S/c26-23(27)21-8-4-7-20-18(14-25-22(20)21)15-28-12-10-19-13-17(9-11-24-19)16-5-2-1-3-6-16/h1-9,14,19,24-25H,10-13,15H2,(H,26,27). The minimum Gasteiger partial charge on any atom is -0.478 e. The Morgan fingerprint density at radius 1 is 1.14 bits per heavy atom. The smallest absolute Gasteiger partial charge is 0.337 e. The summed E-state index contributed by atoms with van der Waals surface area (Å²) in [5.41, 5.74) is 4.99. The number of aromatic nitrogens is 1. The Balaban J connectivity index is 1.31. The van der Waals surface area contributed by atoms with Gasteiger partial charge in [-0.3, -0.25) is 0 Å². The number of H-pyrrole nitrogens is 1. The van der Waals surface area contributed by atoms with Crippen molar-refractivity contribution in [3.05, 3.63) is 77.5 Å². The molecule has 2 heterocycles. The lowest BCUT2D eigenvalue weighted by Crippen LogP contribution is -2.33. The summed E-state index contributed by atoms with van der Waals surface area (Å²) in [5.74, 6) is 1.07. The third-order valence-corrected chi connectivity index (χ3v) is 6.31. The monoisotopic (exact) mass is 392 g/mol. The van der Waals surface area contributed by atoms with E-state index in [-0.39, 0.29) is 0 Å². The van der Waals surface area contributed by atoms with Crippen LogP contribution in [0.4, 0.5) is 0 Å². The highest BCUT2D eigenvalue weighted by Crippen LogP contribution is 2.27. The predicted octanol–water partition coefficient (Wildman–Crippen LogP) is 4.93. The Kier molecular flexibility index (Phi) is 5.84. The van der Waals surface area contributed by atoms with Gasteiger partial charge in [0.05, 0.1) is 11.1 Å². The zero-order chi connectivity index (χ0) is 19.3. The van der Waals surface area contributed by atoms with E-state index in [0.717, 1.165) is 41.8 Å². The number of fused-ring (bicyclic) bond motifs is 1. The van der Waals surface area contributed by atoms with Gasteiger partial charge in [-0.05, 0) is 41.4 Å². The Bertz CT molecular complexity index is 994. The number of rotatable bonds is 7. The molecule has 0 bridgehead atoms. The molecule has 144 valence electrons. The Morgan fingerprint density at radius 2 is 2.00 bits per heavy atom. The molecule has 0 saturated heterocycles. The van der Waals surface area contributed by atoms with E-state index in [4.69, 9.17) is 0 Å². The molecular formula is C23H24N2O2S. The van der Waals surface area contributed by atoms with E-state index in [1.54, 1.807) is 6.07 Å². The van der Waals surface area contributed by atoms with E-state index in [2.05, 4.69) is 46.7 Å². The summed E-state index contributed by atoms with van der Waals surface area (Å²) in [7, 11) is 0. The number of aromatic amines is 1. The molecule has 4 nitrogen and oxygen atoms in total. The van der Waals surface area contributed by atoms with Crippen LogP contribution < -0.4 is 5.32 Å². The molecule has 3 aromatic rings. The van der Waals surface area contributed by atoms with Gasteiger partial charge < -0.3 is 15.4 Å². The normalized spacial score (nSPS) is 16.9. The number of hydrogen-bond acceptors (Lipinski definition) is 3. The second-order valence-corrected chi connectivity index (χ2v) is 8.20. The molecule has 1 aliphatic heterocycles. The van der Waals surface area contributed by atoms with Crippen LogP contribution in [0.15, 0.2) is 60.8 Å². The first kappa shape index (κ1) is 18.8. The number of para-hydroxylation sites is 1. The number of carboxylic acid groups (broad SMARTS) is 1. The first-order chi connectivity index (χ1) is 13.7. The van der Waals surface area contributed by atoms with Crippen LogP contribution in [-0.2, 0) is 5.75 Å². The van der Waals surface area contributed by atoms with E-state index in [9.17, 15) is 9.90 Å². The second-order valence-electron chi connectivity index (χ2n) is 7.09. The van der Waals surface area contributed by atoms with Crippen LogP contribution in [0.25, 0.3) is 16.5 Å². The maximum absolute atomic E-state index is 11.4. The summed E-state index contributed by atoms with van der Waals surface area (Å²) in [5, 5.41) is 13.9. The quantitative estimate of drug-likeness (QED) is 0.499. The van der Waals surface area contributed by atoms with Gasteiger partial charge in [-0.1, -0.05) is 48.5 Å². The van der Waals surface area contributed by atoms with Gasteiger partial charge >= 0.3 is 5.97 Å². The van der Waals surface area contributed by atoms with Crippen molar-refractivity contribution in [3.63, 3.8) is 0 Å². The van der Waals surface area contributed by atoms with Gasteiger partial charge in [0.15, 0.2) is 0 Å². The molecule has 2 aromatic carbocycles. The molecule has 1 atom stereocenters. The zero-order valence-electron chi connectivity index (χ0n) is 15.7. The summed E-state index contributed by atoms with van der Waals surface area (Å²) in [6, 6.07) is 16.6. The van der Waals surface area contributed by atoms with E-state index in [0.29, 0.717) is 11.6 Å². The molecule has 0 radical (unpaired) electrons. The number of aromatic carboxylic acids is 1. The van der Waals surface area contributed by atoms with Crippen LogP contribution in [0.2, 0.25) is 0 Å². The Labute approximate surface area is 169 Å². The minimum atomic E-state index is -0.891. The van der Waals surface area contributed by atoms with Crippen LogP contribution >= 0.6 is 11.8 Å². The van der Waals surface area contributed by atoms with E-state index < -0.39 is 5.97 Å². The number of carboxylic acids is 1. The van der Waals surface area contributed by atoms with E-state index in [1.807, 2.05) is 30.1 Å². The van der Waals surface area contributed by atoms with Crippen LogP contribution in [-0.4, -0.2) is 34.4 Å². The molecule has 4 rings (SSSR count). The topological polar surface area (TPSA) is 65.1 Å². The largest absolute Gasteiger partial charge is 0.478 e. The maximum atomic E-state index is 11.4. The average Bonchev–Trinajstić information content (AvgIpc) is 3.15. The predicted molar refractivity (Wildman–Crippen MR) is 117 cm³/mol. The van der Waals surface area contributed by atoms with E-state index >= 15 is 0 Å². The summed E-state index contributed by atoms with van der Waals surface area (Å²) in [4.78, 5) is 14.5. The van der Waals surface area contributed by atoms with Gasteiger partial charge in [0, 0.05) is 29.9 Å². The first-order valence-corrected chi connectivity index (χ1v) is 10.8. The molecule has 5 heteroatoms. The third-order valence-electron chi connectivity index (χ3n) is 5.27. The molecule has 3 N–H and O–H groups in total. The Morgan fingerprint density at radius 3 is 2.82 bits per heavy atom. The van der Waals surface area contributed by atoms with Crippen molar-refractivity contribution in [2.45, 2.75) is 24.6 Å². The molecule has 0 saturated carbocycles. The van der Waals surface area contributed by atoms with Crippen molar-refractivity contribution in [3.8, 4) is 0 Å². The van der Waals surface area contributed by atoms with Gasteiger partial charge in [0.1, 0.15) is 0 Å². The highest BCUT2D eigenvalue weighted by Gasteiger charge is 2.16. The molecule has 1 aliphatic rings. The van der Waals surface area contributed by atoms with Crippen LogP contribution in [0.5, 0.6) is 0 Å². The summed E-state index contributed by atoms with van der Waals surface area (Å²) in [6.07, 6.45) is 6.43. The second kappa shape index (κ2) is 8.67. The molecule has 0 spiro atoms. The number of hydrogen-bond donors (Lipinski definition) is 3. The number of nitrogens with one attached hydrogen (secondary N) is 2. The highest BCUT2D eigenvalue weighted by molar-refractivity contribution is 7.98. The van der Waals surface area contributed by atoms with Crippen molar-refractivity contribution < 1.29 is 9.90 Å². The molecule has 0 fully saturated rings. The van der Waals surface area contributed by atoms with Gasteiger partial charge in [0.2, 0.25) is 0 Å². The van der Waals surface area contributed by atoms with Gasteiger partial charge in [0.25, 0.3) is 0 Å². The van der Waals surface area contributed by atoms with Crippen LogP contribution in [0, 0.1) is 0 Å². The van der Waals surface area contributed by atoms with E-state index in [1.165, 1.54) is 16.7 Å². The fourth-order valence-electron chi connectivity index (χ4n) is 3.78. The highest BCUT2D eigenvalue weighted by atomic mass is 32.2. The van der Waals surface area contributed by atoms with Crippen molar-refractivity contribution in [1.29, 1.82) is 0 Å². The zero-order valence-corrected chi connectivity index (χ0v) is 16.5. The SMILES string of the molecule is O=C(O)c1cccc2c(CSCCC3CC(c4ccccc4)=CCN3)c[nH]c12. The summed E-state index contributed by atoms with van der Waals surface area (Å²) < 4.78 is 0. The van der Waals surface area contributed by atoms with Crippen LogP contribution in [0.1, 0.15) is 34.3 Å². The average molecular weight is 393 g/mol. The Hall–Kier alpha value is -2.50. The van der Waals surface area contributed by atoms with Crippen molar-refractivity contribution in [1.82, 2.24) is 10.3 Å². The summed E-state index contributed by atoms with van der Waals surface area (Å²) >= 11 is 1.90. The molecular weight excluding hydrogens is 368 g/mol. The van der Waals surface area contributed by atoms with Crippen molar-refractivity contribution >= 4 is 34.2 Å². The lowest BCUT2D eigenvalue weighted by molar-refractivity contribution is 0.0699. The molecule has 28 heavy (non-hydrogen) atoms. The minimum absolute atomic E-state index is 0.334. The number of thioether (sulfide) groups is 1. The fraction of sp³-hybridized carbons (Fsp3) is 0.261. The third kappa shape index (κ3) is 4.16. The van der Waals surface area contributed by atoms with Crippen molar-refractivity contribution in [2.75, 3.05) is 12.3 Å².